The molecule has 0 heterocycles. The number of esters is 1. The lowest BCUT2D eigenvalue weighted by Crippen LogP contribution is -2.51. The normalized spacial score (nSPS) is 38.8. The first kappa shape index (κ1) is 29.5. The monoisotopic (exact) mass is 532 g/mol. The Balaban J connectivity index is 1.38. The first-order valence-corrected chi connectivity index (χ1v) is 16.6. The van der Waals surface area contributed by atoms with Gasteiger partial charge in [-0.05, 0) is 97.7 Å². The molecule has 0 aromatic rings. The Kier molecular flexibility index (Phi) is 9.84. The summed E-state index contributed by atoms with van der Waals surface area (Å²) in [6, 6.07) is 0. The number of alkyl halides is 1. The van der Waals surface area contributed by atoms with Crippen molar-refractivity contribution >= 4 is 17.6 Å². The first-order valence-electron chi connectivity index (χ1n) is 16.1. The largest absolute Gasteiger partial charge is 0.461 e. The number of unbranched alkanes of at least 4 members (excludes halogenated alkanes) is 2. The van der Waals surface area contributed by atoms with Crippen LogP contribution in [-0.4, -0.2) is 17.5 Å². The maximum absolute atomic E-state index is 12.6. The molecule has 0 saturated heterocycles. The number of allylic oxidation sites excluding steroid dienone is 1. The number of ether oxygens (including phenoxy) is 1. The van der Waals surface area contributed by atoms with Gasteiger partial charge in [0.15, 0.2) is 0 Å². The van der Waals surface area contributed by atoms with Gasteiger partial charge in [-0.3, -0.25) is 4.79 Å². The van der Waals surface area contributed by atoms with Crippen LogP contribution in [0.2, 0.25) is 0 Å². The van der Waals surface area contributed by atoms with E-state index in [1.807, 2.05) is 0 Å². The van der Waals surface area contributed by atoms with Crippen molar-refractivity contribution in [2.24, 2.45) is 46.3 Å². The van der Waals surface area contributed by atoms with Gasteiger partial charge < -0.3 is 4.74 Å². The molecule has 0 amide bonds. The molecule has 0 radical (unpaired) electrons. The van der Waals surface area contributed by atoms with Gasteiger partial charge in [0.2, 0.25) is 0 Å². The van der Waals surface area contributed by atoms with E-state index in [4.69, 9.17) is 16.3 Å². The Morgan fingerprint density at radius 1 is 1.00 bits per heavy atom. The van der Waals surface area contributed by atoms with Crippen molar-refractivity contribution in [1.82, 2.24) is 0 Å². The number of hydrogen-bond acceptors (Lipinski definition) is 2. The lowest BCUT2D eigenvalue weighted by molar-refractivity contribution is -0.151. The zero-order valence-electron chi connectivity index (χ0n) is 25.0. The molecular weight excluding hydrogens is 476 g/mol. The summed E-state index contributed by atoms with van der Waals surface area (Å²) in [6.45, 7) is 14.7. The Bertz CT molecular complexity index is 804. The molecule has 4 rings (SSSR count). The molecule has 3 saturated carbocycles. The number of carbonyl (C=O) groups excluding carboxylic acids is 1. The summed E-state index contributed by atoms with van der Waals surface area (Å²) in [7, 11) is 0. The number of carbonyl (C=O) groups is 1. The molecule has 0 unspecified atom stereocenters. The zero-order chi connectivity index (χ0) is 26.8. The summed E-state index contributed by atoms with van der Waals surface area (Å²) in [5.41, 5.74) is 2.44. The maximum Gasteiger partial charge on any atom is 0.324 e. The Morgan fingerprint density at radius 2 is 1.78 bits per heavy atom. The van der Waals surface area contributed by atoms with Crippen molar-refractivity contribution in [3.8, 4) is 0 Å². The van der Waals surface area contributed by atoms with Gasteiger partial charge >= 0.3 is 5.97 Å². The summed E-state index contributed by atoms with van der Waals surface area (Å²) in [5, 5.41) is -0.483. The maximum atomic E-state index is 12.6. The fourth-order valence-electron chi connectivity index (χ4n) is 9.68. The van der Waals surface area contributed by atoms with E-state index in [9.17, 15) is 4.79 Å². The SMILES string of the molecule is CCCCC[C@H](Cl)C(=O)O[C@H]1CC[C@@]2(C)C(=CC[C@@H]3[C@H]4CC[C@@H]([C@@H](C)CCCC(C)C)[C@@]4(C)CC[C@H]32)C1. The molecule has 37 heavy (non-hydrogen) atoms. The third kappa shape index (κ3) is 6.15. The van der Waals surface area contributed by atoms with Gasteiger partial charge in [-0.15, -0.1) is 11.6 Å². The number of fused-ring (bicyclic) bond motifs is 5. The predicted octanol–water partition coefficient (Wildman–Crippen LogP) is 10.1. The minimum atomic E-state index is -0.483. The van der Waals surface area contributed by atoms with Crippen LogP contribution in [0.3, 0.4) is 0 Å². The quantitative estimate of drug-likeness (QED) is 0.114. The van der Waals surface area contributed by atoms with Crippen molar-refractivity contribution < 1.29 is 9.53 Å². The minimum absolute atomic E-state index is 0.0206. The highest BCUT2D eigenvalue weighted by Gasteiger charge is 2.59. The van der Waals surface area contributed by atoms with Gasteiger partial charge in [-0.1, -0.05) is 91.7 Å². The van der Waals surface area contributed by atoms with E-state index in [1.54, 1.807) is 5.57 Å². The average Bonchev–Trinajstić information content (AvgIpc) is 3.21. The third-order valence-electron chi connectivity index (χ3n) is 11.9. The second-order valence-electron chi connectivity index (χ2n) is 14.6. The van der Waals surface area contributed by atoms with Crippen LogP contribution in [0.25, 0.3) is 0 Å². The van der Waals surface area contributed by atoms with Crippen LogP contribution in [0, 0.1) is 46.3 Å². The van der Waals surface area contributed by atoms with Crippen molar-refractivity contribution in [2.45, 2.75) is 149 Å². The van der Waals surface area contributed by atoms with Crippen LogP contribution < -0.4 is 0 Å². The van der Waals surface area contributed by atoms with Gasteiger partial charge in [-0.25, -0.2) is 0 Å². The van der Waals surface area contributed by atoms with Crippen LogP contribution in [0.5, 0.6) is 0 Å². The van der Waals surface area contributed by atoms with Crippen LogP contribution in [-0.2, 0) is 9.53 Å². The van der Waals surface area contributed by atoms with Crippen LogP contribution in [0.1, 0.15) is 138 Å². The smallest absolute Gasteiger partial charge is 0.324 e. The molecule has 3 fully saturated rings. The molecule has 212 valence electrons. The van der Waals surface area contributed by atoms with Crippen molar-refractivity contribution in [3.05, 3.63) is 11.6 Å². The van der Waals surface area contributed by atoms with Gasteiger partial charge in [0.1, 0.15) is 11.5 Å². The van der Waals surface area contributed by atoms with E-state index >= 15 is 0 Å². The molecular formula is C34H57ClO2. The van der Waals surface area contributed by atoms with E-state index in [0.29, 0.717) is 10.8 Å². The number of halogens is 1. The van der Waals surface area contributed by atoms with Gasteiger partial charge in [0, 0.05) is 6.42 Å². The van der Waals surface area contributed by atoms with E-state index in [1.165, 1.54) is 57.8 Å². The van der Waals surface area contributed by atoms with E-state index in [0.717, 1.165) is 74.0 Å². The zero-order valence-corrected chi connectivity index (χ0v) is 25.8. The lowest BCUT2D eigenvalue weighted by atomic mass is 9.47. The molecule has 0 aromatic heterocycles. The molecule has 2 nitrogen and oxygen atoms in total. The minimum Gasteiger partial charge on any atom is -0.461 e. The molecule has 0 bridgehead atoms. The molecule has 0 aromatic carbocycles. The van der Waals surface area contributed by atoms with Crippen LogP contribution in [0.4, 0.5) is 0 Å². The Labute approximate surface area is 234 Å². The lowest BCUT2D eigenvalue weighted by Gasteiger charge is -2.58. The van der Waals surface area contributed by atoms with Gasteiger partial charge in [0.05, 0.1) is 0 Å². The topological polar surface area (TPSA) is 26.3 Å². The molecule has 0 aliphatic heterocycles. The summed E-state index contributed by atoms with van der Waals surface area (Å²) in [5.74, 6) is 4.99. The van der Waals surface area contributed by atoms with E-state index in [-0.39, 0.29) is 12.1 Å². The summed E-state index contributed by atoms with van der Waals surface area (Å²) in [6.07, 6.45) is 20.9. The highest BCUT2D eigenvalue weighted by molar-refractivity contribution is 6.29. The van der Waals surface area contributed by atoms with Crippen LogP contribution in [0.15, 0.2) is 11.6 Å². The molecule has 0 N–H and O–H groups in total. The Hall–Kier alpha value is -0.500. The van der Waals surface area contributed by atoms with Crippen molar-refractivity contribution in [1.29, 1.82) is 0 Å². The summed E-state index contributed by atoms with van der Waals surface area (Å²) in [4.78, 5) is 12.6. The van der Waals surface area contributed by atoms with Crippen molar-refractivity contribution in [2.75, 3.05) is 0 Å². The molecule has 0 spiro atoms. The predicted molar refractivity (Wildman–Crippen MR) is 157 cm³/mol. The second-order valence-corrected chi connectivity index (χ2v) is 15.1. The van der Waals surface area contributed by atoms with E-state index in [2.05, 4.69) is 47.6 Å². The average molecular weight is 533 g/mol. The third-order valence-corrected chi connectivity index (χ3v) is 12.3. The van der Waals surface area contributed by atoms with Crippen LogP contribution >= 0.6 is 11.6 Å². The molecule has 3 heteroatoms. The van der Waals surface area contributed by atoms with E-state index < -0.39 is 5.38 Å². The fourth-order valence-corrected chi connectivity index (χ4v) is 9.89. The van der Waals surface area contributed by atoms with Gasteiger partial charge in [0.25, 0.3) is 0 Å². The standard InChI is InChI=1S/C34H57ClO2/c1-7-8-9-13-31(35)32(36)37-26-18-20-33(5)25(22-26)14-15-27-29-17-16-28(24(4)12-10-11-23(2)3)34(29,6)21-19-30(27)33/h14,23-24,26-31H,7-13,15-22H2,1-6H3/t24-,26-,27+,28-,29+,30+,31-,33-,34+/m0/s1. The van der Waals surface area contributed by atoms with Crippen molar-refractivity contribution in [3.63, 3.8) is 0 Å². The first-order chi connectivity index (χ1) is 17.6. The molecule has 9 atom stereocenters. The fraction of sp³-hybridized carbons (Fsp3) is 0.912. The molecule has 4 aliphatic carbocycles. The number of rotatable bonds is 11. The summed E-state index contributed by atoms with van der Waals surface area (Å²) >= 11 is 6.39. The number of hydrogen-bond donors (Lipinski definition) is 0. The second kappa shape index (κ2) is 12.3. The summed E-state index contributed by atoms with van der Waals surface area (Å²) < 4.78 is 5.97. The van der Waals surface area contributed by atoms with Gasteiger partial charge in [-0.2, -0.15) is 0 Å². The highest BCUT2D eigenvalue weighted by Crippen LogP contribution is 2.67. The Morgan fingerprint density at radius 3 is 2.51 bits per heavy atom. The molecule has 4 aliphatic rings. The highest BCUT2D eigenvalue weighted by atomic mass is 35.5.